The number of nitrogens with zero attached hydrogens (tertiary/aromatic N) is 2. The van der Waals surface area contributed by atoms with Gasteiger partial charge in [0.15, 0.2) is 0 Å². The summed E-state index contributed by atoms with van der Waals surface area (Å²) in [7, 11) is 2.08. The number of nitrogens with two attached hydrogens (primary N) is 1. The van der Waals surface area contributed by atoms with Gasteiger partial charge < -0.3 is 20.9 Å². The number of anilines is 1. The highest BCUT2D eigenvalue weighted by Gasteiger charge is 2.37. The number of amides is 2. The van der Waals surface area contributed by atoms with E-state index in [0.717, 1.165) is 63.1 Å². The third-order valence-electron chi connectivity index (χ3n) is 5.98. The molecule has 3 N–H and O–H groups in total. The van der Waals surface area contributed by atoms with Gasteiger partial charge in [-0.25, -0.2) is 0 Å². The number of nitrogens with one attached hydrogen (secondary N) is 1. The third kappa shape index (κ3) is 6.85. The molecule has 164 valence electrons. The molecule has 3 rings (SSSR count). The van der Waals surface area contributed by atoms with Crippen molar-refractivity contribution in [1.82, 2.24) is 9.80 Å². The van der Waals surface area contributed by atoms with Crippen LogP contribution in [0.2, 0.25) is 0 Å². The molecular formula is C21H34Cl2N4O2. The fourth-order valence-corrected chi connectivity index (χ4v) is 4.12. The number of hydrogen-bond acceptors (Lipinski definition) is 4. The van der Waals surface area contributed by atoms with Gasteiger partial charge in [0.2, 0.25) is 11.8 Å². The Balaban J connectivity index is 0.00000210. The smallest absolute Gasteiger partial charge is 0.229 e. The van der Waals surface area contributed by atoms with Crippen LogP contribution in [0.15, 0.2) is 24.3 Å². The molecule has 1 saturated carbocycles. The second-order valence-corrected chi connectivity index (χ2v) is 8.35. The summed E-state index contributed by atoms with van der Waals surface area (Å²) in [5.41, 5.74) is 7.57. The minimum atomic E-state index is -0.447. The Kier molecular flexibility index (Phi) is 9.89. The van der Waals surface area contributed by atoms with Gasteiger partial charge >= 0.3 is 0 Å². The van der Waals surface area contributed by atoms with E-state index in [9.17, 15) is 9.59 Å². The molecule has 0 bridgehead atoms. The normalized spacial score (nSPS) is 24.8. The topological polar surface area (TPSA) is 78.7 Å². The lowest BCUT2D eigenvalue weighted by Gasteiger charge is -2.37. The molecule has 2 atom stereocenters. The van der Waals surface area contributed by atoms with Crippen molar-refractivity contribution in [3.05, 3.63) is 29.8 Å². The molecule has 0 spiro atoms. The maximum atomic E-state index is 12.7. The summed E-state index contributed by atoms with van der Waals surface area (Å²) in [6.45, 7) is 5.37. The first-order valence-corrected chi connectivity index (χ1v) is 10.0. The Bertz CT molecular complexity index is 691. The molecule has 1 aromatic carbocycles. The lowest BCUT2D eigenvalue weighted by molar-refractivity contribution is -0.132. The number of rotatable bonds is 4. The van der Waals surface area contributed by atoms with Crippen LogP contribution >= 0.6 is 24.8 Å². The lowest BCUT2D eigenvalue weighted by Crippen LogP contribution is -2.51. The van der Waals surface area contributed by atoms with Crippen molar-refractivity contribution < 1.29 is 9.59 Å². The molecule has 2 fully saturated rings. The quantitative estimate of drug-likeness (QED) is 0.747. The Labute approximate surface area is 186 Å². The van der Waals surface area contributed by atoms with Crippen molar-refractivity contribution in [3.8, 4) is 0 Å². The predicted octanol–water partition coefficient (Wildman–Crippen LogP) is 2.69. The van der Waals surface area contributed by atoms with Gasteiger partial charge in [0, 0.05) is 37.4 Å². The molecule has 1 aliphatic heterocycles. The Morgan fingerprint density at radius 3 is 2.52 bits per heavy atom. The average Bonchev–Trinajstić information content (AvgIpc) is 2.62. The maximum Gasteiger partial charge on any atom is 0.229 e. The van der Waals surface area contributed by atoms with Crippen LogP contribution < -0.4 is 11.1 Å². The highest BCUT2D eigenvalue weighted by molar-refractivity contribution is 5.93. The standard InChI is InChI=1S/C21H32N4O2.2ClH/c1-21(22)9-4-3-8-18(21)20(27)23-17-7-5-6-16(14-17)15-19(26)25-12-10-24(2)11-13-25;;/h5-7,14,18H,3-4,8-13,15,22H2,1-2H3,(H,23,27);2*1H. The van der Waals surface area contributed by atoms with Crippen molar-refractivity contribution in [2.24, 2.45) is 11.7 Å². The first-order chi connectivity index (χ1) is 12.8. The Morgan fingerprint density at radius 1 is 1.17 bits per heavy atom. The van der Waals surface area contributed by atoms with Gasteiger partial charge in [0.05, 0.1) is 12.3 Å². The van der Waals surface area contributed by atoms with Gasteiger partial charge in [-0.1, -0.05) is 25.0 Å². The van der Waals surface area contributed by atoms with Crippen LogP contribution in [0, 0.1) is 5.92 Å². The van der Waals surface area contributed by atoms with E-state index < -0.39 is 5.54 Å². The van der Waals surface area contributed by atoms with E-state index >= 15 is 0 Å². The zero-order valence-electron chi connectivity index (χ0n) is 17.4. The second-order valence-electron chi connectivity index (χ2n) is 8.35. The summed E-state index contributed by atoms with van der Waals surface area (Å²) in [5.74, 6) is -0.0301. The molecule has 2 amide bonds. The van der Waals surface area contributed by atoms with Gasteiger partial charge in [-0.15, -0.1) is 24.8 Å². The van der Waals surface area contributed by atoms with Gasteiger partial charge in [-0.3, -0.25) is 9.59 Å². The molecule has 1 aromatic rings. The number of hydrogen-bond donors (Lipinski definition) is 2. The van der Waals surface area contributed by atoms with E-state index in [2.05, 4.69) is 17.3 Å². The lowest BCUT2D eigenvalue weighted by atomic mass is 9.74. The first-order valence-electron chi connectivity index (χ1n) is 10.0. The first kappa shape index (κ1) is 25.7. The van der Waals surface area contributed by atoms with Crippen molar-refractivity contribution in [1.29, 1.82) is 0 Å². The van der Waals surface area contributed by atoms with Crippen LogP contribution in [0.4, 0.5) is 5.69 Å². The Morgan fingerprint density at radius 2 is 1.86 bits per heavy atom. The summed E-state index contributed by atoms with van der Waals surface area (Å²) < 4.78 is 0. The largest absolute Gasteiger partial charge is 0.340 e. The minimum Gasteiger partial charge on any atom is -0.340 e. The molecule has 0 aromatic heterocycles. The molecule has 29 heavy (non-hydrogen) atoms. The summed E-state index contributed by atoms with van der Waals surface area (Å²) in [5, 5.41) is 3.02. The van der Waals surface area contributed by atoms with E-state index in [0.29, 0.717) is 6.42 Å². The van der Waals surface area contributed by atoms with Gasteiger partial charge in [0.1, 0.15) is 0 Å². The molecule has 2 unspecified atom stereocenters. The van der Waals surface area contributed by atoms with Crippen molar-refractivity contribution in [2.75, 3.05) is 38.5 Å². The third-order valence-corrected chi connectivity index (χ3v) is 5.98. The molecule has 1 heterocycles. The molecule has 8 heteroatoms. The predicted molar refractivity (Wildman–Crippen MR) is 122 cm³/mol. The van der Waals surface area contributed by atoms with E-state index in [-0.39, 0.29) is 42.5 Å². The number of halogens is 2. The highest BCUT2D eigenvalue weighted by Crippen LogP contribution is 2.32. The van der Waals surface area contributed by atoms with Crippen LogP contribution in [0.1, 0.15) is 38.2 Å². The zero-order chi connectivity index (χ0) is 19.4. The van der Waals surface area contributed by atoms with Gasteiger partial charge in [-0.2, -0.15) is 0 Å². The molecular weight excluding hydrogens is 411 g/mol. The molecule has 6 nitrogen and oxygen atoms in total. The van der Waals surface area contributed by atoms with E-state index in [1.165, 1.54) is 0 Å². The van der Waals surface area contributed by atoms with Gasteiger partial charge in [0.25, 0.3) is 0 Å². The van der Waals surface area contributed by atoms with Crippen LogP contribution in [0.5, 0.6) is 0 Å². The molecule has 0 radical (unpaired) electrons. The fourth-order valence-electron chi connectivity index (χ4n) is 4.12. The van der Waals surface area contributed by atoms with Crippen molar-refractivity contribution >= 4 is 42.3 Å². The monoisotopic (exact) mass is 444 g/mol. The summed E-state index contributed by atoms with van der Waals surface area (Å²) in [6, 6.07) is 7.61. The minimum absolute atomic E-state index is 0. The van der Waals surface area contributed by atoms with Crippen LogP contribution in [-0.2, 0) is 16.0 Å². The van der Waals surface area contributed by atoms with Gasteiger partial charge in [-0.05, 0) is 44.5 Å². The second kappa shape index (κ2) is 11.2. The average molecular weight is 445 g/mol. The van der Waals surface area contributed by atoms with E-state index in [4.69, 9.17) is 5.73 Å². The fraction of sp³-hybridized carbons (Fsp3) is 0.619. The molecule has 2 aliphatic rings. The van der Waals surface area contributed by atoms with Crippen molar-refractivity contribution in [2.45, 2.75) is 44.6 Å². The molecule has 1 saturated heterocycles. The maximum absolute atomic E-state index is 12.7. The summed E-state index contributed by atoms with van der Waals surface area (Å²) in [6.07, 6.45) is 4.21. The summed E-state index contributed by atoms with van der Waals surface area (Å²) >= 11 is 0. The number of carbonyl (C=O) groups excluding carboxylic acids is 2. The SMILES string of the molecule is CN1CCN(C(=O)Cc2cccc(NC(=O)C3CCCCC3(C)N)c2)CC1.Cl.Cl. The van der Waals surface area contributed by atoms with Crippen molar-refractivity contribution in [3.63, 3.8) is 0 Å². The number of carbonyl (C=O) groups is 2. The summed E-state index contributed by atoms with van der Waals surface area (Å²) in [4.78, 5) is 29.4. The van der Waals surface area contributed by atoms with Crippen LogP contribution in [-0.4, -0.2) is 60.4 Å². The van der Waals surface area contributed by atoms with Crippen LogP contribution in [0.3, 0.4) is 0 Å². The number of benzene rings is 1. The number of likely N-dealkylation sites (N-methyl/N-ethyl adjacent to an activating group) is 1. The zero-order valence-corrected chi connectivity index (χ0v) is 19.0. The van der Waals surface area contributed by atoms with E-state index in [1.54, 1.807) is 0 Å². The Hall–Kier alpha value is -1.34. The van der Waals surface area contributed by atoms with Crippen LogP contribution in [0.25, 0.3) is 0 Å². The van der Waals surface area contributed by atoms with E-state index in [1.807, 2.05) is 36.1 Å². The molecule has 1 aliphatic carbocycles. The highest BCUT2D eigenvalue weighted by atomic mass is 35.5. The number of piperazine rings is 1.